The third kappa shape index (κ3) is 4.75. The number of amides is 2. The van der Waals surface area contributed by atoms with E-state index < -0.39 is 45.3 Å². The van der Waals surface area contributed by atoms with Crippen molar-refractivity contribution >= 4 is 34.3 Å². The van der Waals surface area contributed by atoms with Crippen LogP contribution in [0.2, 0.25) is 5.02 Å². The highest BCUT2D eigenvalue weighted by atomic mass is 35.5. The Balaban J connectivity index is 1.27. The van der Waals surface area contributed by atoms with Gasteiger partial charge in [0.1, 0.15) is 52.0 Å². The Kier molecular flexibility index (Phi) is 6.80. The van der Waals surface area contributed by atoms with Crippen molar-refractivity contribution in [2.45, 2.75) is 49.4 Å². The van der Waals surface area contributed by atoms with Crippen molar-refractivity contribution in [3.63, 3.8) is 0 Å². The van der Waals surface area contributed by atoms with Crippen LogP contribution < -0.4 is 20.5 Å². The maximum Gasteiger partial charge on any atom is 0.251 e. The quantitative estimate of drug-likeness (QED) is 0.224. The normalized spacial score (nSPS) is 20.9. The molecule has 3 aliphatic rings. The molecular weight excluding hydrogens is 627 g/mol. The zero-order valence-corrected chi connectivity index (χ0v) is 25.6. The number of rotatable bonds is 9. The van der Waals surface area contributed by atoms with Crippen LogP contribution in [0.1, 0.15) is 54.2 Å². The minimum absolute atomic E-state index is 0.0174. The van der Waals surface area contributed by atoms with Gasteiger partial charge in [-0.05, 0) is 56.0 Å². The molecule has 2 fully saturated rings. The topological polar surface area (TPSA) is 142 Å². The number of halogens is 4. The SMILES string of the molecule is COc1cc(C(=O)NCC(O)(c2cc3c(c(-c4cc(F)c(Cl)cc4F)n2)OC[C@]3(C)C(N)=O)C2CC2)cc2cn(C3(F)CC3)nc12. The number of pyridine rings is 1. The number of benzene rings is 2. The molecule has 7 rings (SSSR count). The van der Waals surface area contributed by atoms with Gasteiger partial charge in [-0.15, -0.1) is 0 Å². The smallest absolute Gasteiger partial charge is 0.251 e. The van der Waals surface area contributed by atoms with E-state index in [0.29, 0.717) is 36.6 Å². The number of methoxy groups -OCH3 is 1. The summed E-state index contributed by atoms with van der Waals surface area (Å²) in [5, 5.41) is 19.3. The molecule has 2 amide bonds. The highest BCUT2D eigenvalue weighted by Crippen LogP contribution is 2.50. The molecule has 14 heteroatoms. The summed E-state index contributed by atoms with van der Waals surface area (Å²) in [5.41, 5.74) is 3.00. The van der Waals surface area contributed by atoms with Crippen molar-refractivity contribution in [1.82, 2.24) is 20.1 Å². The van der Waals surface area contributed by atoms with Crippen molar-refractivity contribution < 1.29 is 37.3 Å². The number of aliphatic hydroxyl groups is 1. The summed E-state index contributed by atoms with van der Waals surface area (Å²) < 4.78 is 57.0. The summed E-state index contributed by atoms with van der Waals surface area (Å²) in [4.78, 5) is 30.6. The fourth-order valence-corrected chi connectivity index (χ4v) is 6.10. The summed E-state index contributed by atoms with van der Waals surface area (Å²) in [6, 6.07) is 6.17. The van der Waals surface area contributed by atoms with Crippen LogP contribution >= 0.6 is 11.6 Å². The summed E-state index contributed by atoms with van der Waals surface area (Å²) in [6.45, 7) is 1.04. The Bertz CT molecular complexity index is 1960. The van der Waals surface area contributed by atoms with E-state index in [2.05, 4.69) is 15.4 Å². The fourth-order valence-electron chi connectivity index (χ4n) is 5.95. The van der Waals surface area contributed by atoms with Gasteiger partial charge >= 0.3 is 0 Å². The molecule has 0 saturated heterocycles. The number of nitrogens with one attached hydrogen (secondary N) is 1. The Morgan fingerprint density at radius 1 is 1.22 bits per heavy atom. The number of primary amides is 1. The van der Waals surface area contributed by atoms with Gasteiger partial charge in [0.15, 0.2) is 0 Å². The van der Waals surface area contributed by atoms with E-state index in [1.54, 1.807) is 13.0 Å². The summed E-state index contributed by atoms with van der Waals surface area (Å²) in [7, 11) is 1.42. The molecule has 0 bridgehead atoms. The van der Waals surface area contributed by atoms with Crippen molar-refractivity contribution in [2.24, 2.45) is 11.7 Å². The molecule has 1 aliphatic heterocycles. The molecule has 2 aromatic carbocycles. The lowest BCUT2D eigenvalue weighted by atomic mass is 9.81. The van der Waals surface area contributed by atoms with Crippen LogP contribution in [0.15, 0.2) is 36.5 Å². The monoisotopic (exact) mass is 655 g/mol. The number of carbonyl (C=O) groups is 2. The van der Waals surface area contributed by atoms with Gasteiger partial charge in [-0.2, -0.15) is 5.10 Å². The number of fused-ring (bicyclic) bond motifs is 2. The predicted octanol–water partition coefficient (Wildman–Crippen LogP) is 4.62. The van der Waals surface area contributed by atoms with Gasteiger partial charge in [0, 0.05) is 41.1 Å². The van der Waals surface area contributed by atoms with Crippen LogP contribution in [-0.2, 0) is 21.6 Å². The minimum atomic E-state index is -1.78. The molecule has 46 heavy (non-hydrogen) atoms. The van der Waals surface area contributed by atoms with Crippen LogP contribution in [-0.4, -0.2) is 51.9 Å². The van der Waals surface area contributed by atoms with Crippen LogP contribution in [0.25, 0.3) is 22.2 Å². The van der Waals surface area contributed by atoms with E-state index >= 15 is 4.39 Å². The summed E-state index contributed by atoms with van der Waals surface area (Å²) in [5.74, 6) is -4.70. The van der Waals surface area contributed by atoms with Gasteiger partial charge in [-0.25, -0.2) is 22.8 Å². The highest BCUT2D eigenvalue weighted by Gasteiger charge is 2.50. The maximum absolute atomic E-state index is 15.2. The predicted molar refractivity (Wildman–Crippen MR) is 160 cm³/mol. The average molecular weight is 656 g/mol. The molecule has 3 heterocycles. The molecule has 240 valence electrons. The van der Waals surface area contributed by atoms with E-state index in [0.717, 1.165) is 12.1 Å². The van der Waals surface area contributed by atoms with E-state index in [4.69, 9.17) is 26.8 Å². The number of carbonyl (C=O) groups excluding carboxylic acids is 2. The lowest BCUT2D eigenvalue weighted by Crippen LogP contribution is -2.44. The van der Waals surface area contributed by atoms with Gasteiger partial charge in [0.2, 0.25) is 11.7 Å². The fraction of sp³-hybridized carbons (Fsp3) is 0.375. The molecule has 2 atom stereocenters. The van der Waals surface area contributed by atoms with Crippen molar-refractivity contribution in [1.29, 1.82) is 0 Å². The molecule has 2 saturated carbocycles. The minimum Gasteiger partial charge on any atom is -0.494 e. The molecular formula is C32H29ClF3N5O5. The van der Waals surface area contributed by atoms with E-state index in [9.17, 15) is 23.5 Å². The lowest BCUT2D eigenvalue weighted by Gasteiger charge is -2.30. The van der Waals surface area contributed by atoms with E-state index in [1.165, 1.54) is 30.1 Å². The molecule has 2 aliphatic carbocycles. The number of nitrogens with zero attached hydrogens (tertiary/aromatic N) is 3. The summed E-state index contributed by atoms with van der Waals surface area (Å²) in [6.07, 6.45) is 3.41. The van der Waals surface area contributed by atoms with E-state index in [-0.39, 0.29) is 58.6 Å². The number of ether oxygens (including phenoxy) is 2. The second-order valence-electron chi connectivity index (χ2n) is 12.5. The van der Waals surface area contributed by atoms with Crippen molar-refractivity contribution in [3.05, 3.63) is 70.0 Å². The molecule has 4 aromatic rings. The van der Waals surface area contributed by atoms with Gasteiger partial charge < -0.3 is 25.6 Å². The van der Waals surface area contributed by atoms with E-state index in [1.807, 2.05) is 0 Å². The largest absolute Gasteiger partial charge is 0.494 e. The number of aromatic nitrogens is 3. The Morgan fingerprint density at radius 2 is 1.96 bits per heavy atom. The number of hydrogen-bond donors (Lipinski definition) is 3. The number of alkyl halides is 1. The first-order valence-corrected chi connectivity index (χ1v) is 15.1. The molecule has 0 radical (unpaired) electrons. The second kappa shape index (κ2) is 10.3. The molecule has 2 aromatic heterocycles. The first-order chi connectivity index (χ1) is 21.8. The number of hydrogen-bond acceptors (Lipinski definition) is 7. The second-order valence-corrected chi connectivity index (χ2v) is 12.9. The lowest BCUT2D eigenvalue weighted by molar-refractivity contribution is -0.123. The third-order valence-electron chi connectivity index (χ3n) is 9.23. The molecule has 1 unspecified atom stereocenters. The first kappa shape index (κ1) is 30.3. The maximum atomic E-state index is 15.2. The van der Waals surface area contributed by atoms with Crippen molar-refractivity contribution in [3.8, 4) is 22.8 Å². The first-order valence-electron chi connectivity index (χ1n) is 14.7. The third-order valence-corrected chi connectivity index (χ3v) is 9.51. The van der Waals surface area contributed by atoms with Gasteiger partial charge in [0.25, 0.3) is 5.91 Å². The Labute approximate surface area is 265 Å². The van der Waals surface area contributed by atoms with Crippen molar-refractivity contribution in [2.75, 3.05) is 20.3 Å². The van der Waals surface area contributed by atoms with Crippen LogP contribution in [0.3, 0.4) is 0 Å². The molecule has 0 spiro atoms. The zero-order chi connectivity index (χ0) is 32.8. The van der Waals surface area contributed by atoms with Gasteiger partial charge in [-0.3, -0.25) is 9.59 Å². The van der Waals surface area contributed by atoms with Crippen LogP contribution in [0.5, 0.6) is 11.5 Å². The van der Waals surface area contributed by atoms with Crippen LogP contribution in [0, 0.1) is 17.6 Å². The standard InChI is InChI=1S/C32H29ClF3N5O5/c1-30(29(37)43)14-46-27-19(30)10-24(39-26(27)18-9-22(35)20(33)11-21(18)34)32(44,17-3-4-17)13-38-28(42)15-7-16-12-41(31(36)5-6-31)40-25(16)23(8-15)45-2/h7-12,17,44H,3-6,13-14H2,1-2H3,(H2,37,43)(H,38,42)/t30-,32?/m0/s1. The Morgan fingerprint density at radius 3 is 2.61 bits per heavy atom. The Hall–Kier alpha value is -4.36. The highest BCUT2D eigenvalue weighted by molar-refractivity contribution is 6.30. The summed E-state index contributed by atoms with van der Waals surface area (Å²) >= 11 is 5.79. The number of nitrogens with two attached hydrogens (primary N) is 1. The van der Waals surface area contributed by atoms with Gasteiger partial charge in [0.05, 0.1) is 24.4 Å². The van der Waals surface area contributed by atoms with Gasteiger partial charge in [-0.1, -0.05) is 11.6 Å². The zero-order valence-electron chi connectivity index (χ0n) is 24.8. The molecule has 4 N–H and O–H groups in total. The average Bonchev–Trinajstić information content (AvgIpc) is 3.95. The molecule has 10 nitrogen and oxygen atoms in total. The van der Waals surface area contributed by atoms with Crippen LogP contribution in [0.4, 0.5) is 13.2 Å².